The molecule has 2 aromatic heterocycles. The van der Waals surface area contributed by atoms with Gasteiger partial charge in [0.15, 0.2) is 0 Å². The Morgan fingerprint density at radius 1 is 1.19 bits per heavy atom. The highest BCUT2D eigenvalue weighted by Gasteiger charge is 2.20. The second-order valence-corrected chi connectivity index (χ2v) is 8.36. The van der Waals surface area contributed by atoms with Crippen molar-refractivity contribution in [3.63, 3.8) is 0 Å². The SMILES string of the molecule is Cc1c(NC(=O)c2ccc(CN3CC[C@@H](O)C3)cn2)cccc1-c1ccnc(Cl)c1Cl. The molecule has 0 radical (unpaired) electrons. The van der Waals surface area contributed by atoms with E-state index in [1.165, 1.54) is 0 Å². The largest absolute Gasteiger partial charge is 0.392 e. The summed E-state index contributed by atoms with van der Waals surface area (Å²) < 4.78 is 0. The third-order valence-electron chi connectivity index (χ3n) is 5.43. The summed E-state index contributed by atoms with van der Waals surface area (Å²) in [5.41, 5.74) is 4.49. The van der Waals surface area contributed by atoms with E-state index in [-0.39, 0.29) is 17.2 Å². The van der Waals surface area contributed by atoms with Crippen molar-refractivity contribution in [3.05, 3.63) is 75.8 Å². The van der Waals surface area contributed by atoms with E-state index in [0.29, 0.717) is 29.5 Å². The number of anilines is 1. The molecule has 0 spiro atoms. The second-order valence-electron chi connectivity index (χ2n) is 7.62. The van der Waals surface area contributed by atoms with Gasteiger partial charge in [-0.05, 0) is 48.2 Å². The van der Waals surface area contributed by atoms with Gasteiger partial charge in [-0.15, -0.1) is 0 Å². The minimum Gasteiger partial charge on any atom is -0.392 e. The van der Waals surface area contributed by atoms with E-state index >= 15 is 0 Å². The number of hydrogen-bond acceptors (Lipinski definition) is 5. The van der Waals surface area contributed by atoms with Crippen molar-refractivity contribution in [3.8, 4) is 11.1 Å². The number of carbonyl (C=O) groups excluding carboxylic acids is 1. The van der Waals surface area contributed by atoms with E-state index in [1.807, 2.05) is 31.2 Å². The first-order valence-electron chi connectivity index (χ1n) is 9.99. The summed E-state index contributed by atoms with van der Waals surface area (Å²) in [7, 11) is 0. The molecule has 0 unspecified atom stereocenters. The molecule has 3 aromatic rings. The molecule has 0 bridgehead atoms. The highest BCUT2D eigenvalue weighted by Crippen LogP contribution is 2.36. The average Bonchev–Trinajstić information content (AvgIpc) is 3.17. The number of rotatable bonds is 5. The van der Waals surface area contributed by atoms with Gasteiger partial charge in [0.2, 0.25) is 0 Å². The lowest BCUT2D eigenvalue weighted by molar-refractivity contribution is 0.102. The van der Waals surface area contributed by atoms with E-state index in [0.717, 1.165) is 35.2 Å². The van der Waals surface area contributed by atoms with Gasteiger partial charge in [-0.2, -0.15) is 0 Å². The first-order chi connectivity index (χ1) is 14.9. The predicted molar refractivity (Wildman–Crippen MR) is 123 cm³/mol. The summed E-state index contributed by atoms with van der Waals surface area (Å²) in [6.07, 6.45) is 3.85. The van der Waals surface area contributed by atoms with Crippen LogP contribution in [-0.4, -0.2) is 45.1 Å². The Morgan fingerprint density at radius 2 is 2.03 bits per heavy atom. The number of aliphatic hydroxyl groups is 1. The van der Waals surface area contributed by atoms with Gasteiger partial charge in [-0.1, -0.05) is 41.4 Å². The zero-order valence-corrected chi connectivity index (χ0v) is 18.5. The third kappa shape index (κ3) is 4.88. The molecule has 4 rings (SSSR count). The van der Waals surface area contributed by atoms with Gasteiger partial charge < -0.3 is 10.4 Å². The van der Waals surface area contributed by atoms with E-state index in [1.54, 1.807) is 24.5 Å². The van der Waals surface area contributed by atoms with E-state index < -0.39 is 0 Å². The Morgan fingerprint density at radius 3 is 2.74 bits per heavy atom. The quantitative estimate of drug-likeness (QED) is 0.549. The molecule has 1 atom stereocenters. The molecular formula is C23H22Cl2N4O2. The zero-order chi connectivity index (χ0) is 22.0. The summed E-state index contributed by atoms with van der Waals surface area (Å²) in [5, 5.41) is 13.2. The highest BCUT2D eigenvalue weighted by molar-refractivity contribution is 6.43. The van der Waals surface area contributed by atoms with E-state index in [4.69, 9.17) is 23.2 Å². The Labute approximate surface area is 190 Å². The number of halogens is 2. The number of pyridine rings is 2. The van der Waals surface area contributed by atoms with Crippen molar-refractivity contribution >= 4 is 34.8 Å². The molecule has 1 amide bonds. The fraction of sp³-hybridized carbons (Fsp3) is 0.261. The Bertz CT molecular complexity index is 1110. The lowest BCUT2D eigenvalue weighted by atomic mass is 10.00. The van der Waals surface area contributed by atoms with Crippen molar-refractivity contribution in [2.24, 2.45) is 0 Å². The molecule has 1 saturated heterocycles. The molecule has 1 aromatic carbocycles. The van der Waals surface area contributed by atoms with Gasteiger partial charge in [-0.3, -0.25) is 14.7 Å². The molecule has 2 N–H and O–H groups in total. The summed E-state index contributed by atoms with van der Waals surface area (Å²) in [6.45, 7) is 4.16. The first-order valence-corrected chi connectivity index (χ1v) is 10.7. The standard InChI is InChI=1S/C23H22Cl2N4O2/c1-14-17(18-7-9-26-22(25)21(18)24)3-2-4-19(14)28-23(31)20-6-5-15(11-27-20)12-29-10-8-16(30)13-29/h2-7,9,11,16,30H,8,10,12-13H2,1H3,(H,28,31)/t16-/m1/s1. The zero-order valence-electron chi connectivity index (χ0n) is 17.0. The number of nitrogens with zero attached hydrogens (tertiary/aromatic N) is 3. The molecule has 160 valence electrons. The van der Waals surface area contributed by atoms with Gasteiger partial charge >= 0.3 is 0 Å². The number of aromatic nitrogens is 2. The van der Waals surface area contributed by atoms with Gasteiger partial charge in [0.1, 0.15) is 10.8 Å². The van der Waals surface area contributed by atoms with Crippen molar-refractivity contribution in [1.29, 1.82) is 0 Å². The number of hydrogen-bond donors (Lipinski definition) is 2. The molecule has 1 aliphatic rings. The van der Waals surface area contributed by atoms with Crippen molar-refractivity contribution in [2.45, 2.75) is 26.0 Å². The first kappa shape index (κ1) is 21.7. The van der Waals surface area contributed by atoms with Gasteiger partial charge in [0.05, 0.1) is 11.1 Å². The van der Waals surface area contributed by atoms with Crippen LogP contribution in [-0.2, 0) is 6.54 Å². The lowest BCUT2D eigenvalue weighted by Gasteiger charge is -2.15. The number of aliphatic hydroxyl groups excluding tert-OH is 1. The molecule has 8 heteroatoms. The normalized spacial score (nSPS) is 16.5. The van der Waals surface area contributed by atoms with Crippen molar-refractivity contribution in [2.75, 3.05) is 18.4 Å². The Kier molecular flexibility index (Phi) is 6.53. The number of nitrogens with one attached hydrogen (secondary N) is 1. The average molecular weight is 457 g/mol. The Balaban J connectivity index is 1.49. The second kappa shape index (κ2) is 9.32. The minimum atomic E-state index is -0.290. The van der Waals surface area contributed by atoms with Crippen LogP contribution in [0.4, 0.5) is 5.69 Å². The fourth-order valence-corrected chi connectivity index (χ4v) is 4.11. The maximum atomic E-state index is 12.8. The minimum absolute atomic E-state index is 0.237. The summed E-state index contributed by atoms with van der Waals surface area (Å²) in [5.74, 6) is -0.290. The molecule has 3 heterocycles. The third-order valence-corrected chi connectivity index (χ3v) is 6.20. The fourth-order valence-electron chi connectivity index (χ4n) is 3.74. The van der Waals surface area contributed by atoms with Crippen LogP contribution in [0.2, 0.25) is 10.2 Å². The van der Waals surface area contributed by atoms with Crippen LogP contribution < -0.4 is 5.32 Å². The van der Waals surface area contributed by atoms with Crippen LogP contribution in [0.3, 0.4) is 0 Å². The van der Waals surface area contributed by atoms with Crippen LogP contribution in [0.5, 0.6) is 0 Å². The summed E-state index contributed by atoms with van der Waals surface area (Å²) in [4.78, 5) is 23.2. The van der Waals surface area contributed by atoms with Crippen LogP contribution >= 0.6 is 23.2 Å². The topological polar surface area (TPSA) is 78.4 Å². The number of β-amino-alcohol motifs (C(OH)–C–C–N with tert-alkyl or cyclic N) is 1. The van der Waals surface area contributed by atoms with Gasteiger partial charge in [0.25, 0.3) is 5.91 Å². The number of carbonyl (C=O) groups is 1. The van der Waals surface area contributed by atoms with E-state index in [2.05, 4.69) is 20.2 Å². The number of benzene rings is 1. The van der Waals surface area contributed by atoms with Crippen LogP contribution in [0.1, 0.15) is 28.0 Å². The van der Waals surface area contributed by atoms with Crippen molar-refractivity contribution < 1.29 is 9.90 Å². The number of likely N-dealkylation sites (tertiary alicyclic amines) is 1. The van der Waals surface area contributed by atoms with Crippen molar-refractivity contribution in [1.82, 2.24) is 14.9 Å². The van der Waals surface area contributed by atoms with Crippen LogP contribution in [0, 0.1) is 6.92 Å². The smallest absolute Gasteiger partial charge is 0.274 e. The molecule has 1 aliphatic heterocycles. The number of amides is 1. The highest BCUT2D eigenvalue weighted by atomic mass is 35.5. The van der Waals surface area contributed by atoms with Gasteiger partial charge in [0, 0.05) is 43.3 Å². The molecule has 1 fully saturated rings. The Hall–Kier alpha value is -2.51. The molecule has 0 aliphatic carbocycles. The predicted octanol–water partition coefficient (Wildman–Crippen LogP) is 4.58. The molecule has 31 heavy (non-hydrogen) atoms. The lowest BCUT2D eigenvalue weighted by Crippen LogP contribution is -2.21. The van der Waals surface area contributed by atoms with Crippen LogP contribution in [0.15, 0.2) is 48.8 Å². The molecule has 6 nitrogen and oxygen atoms in total. The molecule has 0 saturated carbocycles. The molecular weight excluding hydrogens is 435 g/mol. The maximum absolute atomic E-state index is 12.8. The van der Waals surface area contributed by atoms with Crippen LogP contribution in [0.25, 0.3) is 11.1 Å². The monoisotopic (exact) mass is 456 g/mol. The summed E-state index contributed by atoms with van der Waals surface area (Å²) >= 11 is 12.4. The summed E-state index contributed by atoms with van der Waals surface area (Å²) in [6, 6.07) is 11.0. The maximum Gasteiger partial charge on any atom is 0.274 e. The van der Waals surface area contributed by atoms with Gasteiger partial charge in [-0.25, -0.2) is 4.98 Å². The van der Waals surface area contributed by atoms with E-state index in [9.17, 15) is 9.90 Å².